The van der Waals surface area contributed by atoms with Crippen molar-refractivity contribution in [1.29, 1.82) is 0 Å². The Morgan fingerprint density at radius 2 is 2.00 bits per heavy atom. The third-order valence-corrected chi connectivity index (χ3v) is 4.36. The summed E-state index contributed by atoms with van der Waals surface area (Å²) in [5.41, 5.74) is 2.32. The van der Waals surface area contributed by atoms with Gasteiger partial charge in [-0.15, -0.1) is 30.6 Å². The Labute approximate surface area is 167 Å². The lowest BCUT2D eigenvalue weighted by atomic mass is 10.1. The number of likely N-dealkylation sites (N-methyl/N-ethyl adjacent to an activating group) is 1. The van der Waals surface area contributed by atoms with Crippen molar-refractivity contribution < 1.29 is 0 Å². The number of anilines is 1. The molecule has 0 aliphatic carbocycles. The van der Waals surface area contributed by atoms with Crippen molar-refractivity contribution >= 4 is 47.2 Å². The lowest BCUT2D eigenvalue weighted by Gasteiger charge is -2.35. The molecule has 1 aromatic rings. The van der Waals surface area contributed by atoms with Gasteiger partial charge in [-0.2, -0.15) is 0 Å². The summed E-state index contributed by atoms with van der Waals surface area (Å²) in [4.78, 5) is 8.96. The number of nitrogens with one attached hydrogen (secondary N) is 2. The number of rotatable bonds is 5. The van der Waals surface area contributed by atoms with Crippen LogP contribution in [0.5, 0.6) is 0 Å². The van der Waals surface area contributed by atoms with E-state index in [1.165, 1.54) is 5.69 Å². The quantitative estimate of drug-likeness (QED) is 0.305. The summed E-state index contributed by atoms with van der Waals surface area (Å²) in [5, 5.41) is 7.28. The highest BCUT2D eigenvalue weighted by Gasteiger charge is 2.18. The van der Waals surface area contributed by atoms with E-state index in [-0.39, 0.29) is 24.0 Å². The molecule has 0 radical (unpaired) electrons. The zero-order valence-electron chi connectivity index (χ0n) is 14.4. The molecule has 0 amide bonds. The Morgan fingerprint density at radius 3 is 2.62 bits per heavy atom. The van der Waals surface area contributed by atoms with Gasteiger partial charge in [-0.1, -0.05) is 23.7 Å². The Bertz CT molecular complexity index is 556. The van der Waals surface area contributed by atoms with Crippen LogP contribution in [0.3, 0.4) is 0 Å². The first-order valence-electron chi connectivity index (χ1n) is 7.92. The average molecular weight is 464 g/mol. The van der Waals surface area contributed by atoms with Crippen molar-refractivity contribution in [2.24, 2.45) is 4.99 Å². The number of halogens is 2. The van der Waals surface area contributed by atoms with Crippen LogP contribution >= 0.6 is 35.6 Å². The van der Waals surface area contributed by atoms with Crippen LogP contribution in [0.4, 0.5) is 5.69 Å². The summed E-state index contributed by atoms with van der Waals surface area (Å²) < 4.78 is 0. The minimum Gasteiger partial charge on any atom is -0.369 e. The number of piperazine rings is 1. The molecule has 0 unspecified atom stereocenters. The van der Waals surface area contributed by atoms with Crippen LogP contribution in [-0.4, -0.2) is 57.7 Å². The number of hydrogen-bond donors (Lipinski definition) is 2. The van der Waals surface area contributed by atoms with Gasteiger partial charge in [0.25, 0.3) is 0 Å². The van der Waals surface area contributed by atoms with Crippen LogP contribution in [0.2, 0.25) is 5.02 Å². The van der Waals surface area contributed by atoms with Gasteiger partial charge in [0.15, 0.2) is 5.96 Å². The molecule has 0 bridgehead atoms. The Morgan fingerprint density at radius 1 is 1.29 bits per heavy atom. The van der Waals surface area contributed by atoms with Gasteiger partial charge >= 0.3 is 0 Å². The minimum absolute atomic E-state index is 0. The second kappa shape index (κ2) is 10.8. The molecular formula is C17H27ClIN5. The van der Waals surface area contributed by atoms with Crippen LogP contribution in [-0.2, 0) is 6.54 Å². The van der Waals surface area contributed by atoms with E-state index in [1.807, 2.05) is 12.1 Å². The van der Waals surface area contributed by atoms with Crippen LogP contribution in [0.15, 0.2) is 35.8 Å². The normalized spacial score (nSPS) is 15.6. The molecule has 1 aliphatic heterocycles. The van der Waals surface area contributed by atoms with Gasteiger partial charge in [-0.05, 0) is 19.2 Å². The smallest absolute Gasteiger partial charge is 0.191 e. The highest BCUT2D eigenvalue weighted by molar-refractivity contribution is 14.0. The first-order valence-corrected chi connectivity index (χ1v) is 8.29. The zero-order chi connectivity index (χ0) is 16.7. The number of benzene rings is 1. The molecule has 0 aromatic heterocycles. The van der Waals surface area contributed by atoms with Crippen molar-refractivity contribution in [2.75, 3.05) is 51.7 Å². The lowest BCUT2D eigenvalue weighted by molar-refractivity contribution is 0.312. The molecular weight excluding hydrogens is 437 g/mol. The van der Waals surface area contributed by atoms with Gasteiger partial charge in [-0.25, -0.2) is 0 Å². The molecule has 2 rings (SSSR count). The Kier molecular flexibility index (Phi) is 9.46. The number of guanidine groups is 1. The van der Waals surface area contributed by atoms with Crippen molar-refractivity contribution in [3.8, 4) is 0 Å². The van der Waals surface area contributed by atoms with Crippen LogP contribution in [0.25, 0.3) is 0 Å². The van der Waals surface area contributed by atoms with E-state index in [0.29, 0.717) is 13.1 Å². The summed E-state index contributed by atoms with van der Waals surface area (Å²) >= 11 is 6.45. The molecule has 5 nitrogen and oxygen atoms in total. The molecule has 1 aliphatic rings. The first kappa shape index (κ1) is 21.1. The highest BCUT2D eigenvalue weighted by atomic mass is 127. The van der Waals surface area contributed by atoms with Crippen molar-refractivity contribution in [1.82, 2.24) is 15.5 Å². The third kappa shape index (κ3) is 5.82. The van der Waals surface area contributed by atoms with Gasteiger partial charge in [-0.3, -0.25) is 4.99 Å². The van der Waals surface area contributed by atoms with Crippen LogP contribution in [0, 0.1) is 0 Å². The molecule has 0 spiro atoms. The molecule has 2 N–H and O–H groups in total. The van der Waals surface area contributed by atoms with E-state index < -0.39 is 0 Å². The Balaban J connectivity index is 0.00000288. The van der Waals surface area contributed by atoms with Gasteiger partial charge in [0.2, 0.25) is 0 Å². The summed E-state index contributed by atoms with van der Waals surface area (Å²) in [6.45, 7) is 9.20. The summed E-state index contributed by atoms with van der Waals surface area (Å²) in [6.07, 6.45) is 1.80. The standard InChI is InChI=1S/C17H26ClN5.HI/c1-4-8-20-17(19-2)21-13-14-15(18)6-5-7-16(14)23-11-9-22(3)10-12-23;/h4-7H,1,8-13H2,2-3H3,(H2,19,20,21);1H. The topological polar surface area (TPSA) is 42.9 Å². The highest BCUT2D eigenvalue weighted by Crippen LogP contribution is 2.28. The van der Waals surface area contributed by atoms with Crippen molar-refractivity contribution in [2.45, 2.75) is 6.54 Å². The van der Waals surface area contributed by atoms with Gasteiger partial charge < -0.3 is 20.4 Å². The van der Waals surface area contributed by atoms with E-state index in [4.69, 9.17) is 11.6 Å². The molecule has 1 saturated heterocycles. The van der Waals surface area contributed by atoms with Gasteiger partial charge in [0, 0.05) is 62.6 Å². The van der Waals surface area contributed by atoms with Gasteiger partial charge in [0.1, 0.15) is 0 Å². The first-order chi connectivity index (χ1) is 11.2. The summed E-state index contributed by atoms with van der Waals surface area (Å²) in [5.74, 6) is 0.745. The Hall–Kier alpha value is -0.990. The van der Waals surface area contributed by atoms with Crippen molar-refractivity contribution in [3.63, 3.8) is 0 Å². The number of hydrogen-bond acceptors (Lipinski definition) is 3. The molecule has 1 fully saturated rings. The zero-order valence-corrected chi connectivity index (χ0v) is 17.5. The van der Waals surface area contributed by atoms with E-state index in [1.54, 1.807) is 13.1 Å². The summed E-state index contributed by atoms with van der Waals surface area (Å²) in [6, 6.07) is 6.11. The van der Waals surface area contributed by atoms with E-state index in [9.17, 15) is 0 Å². The molecule has 1 aromatic carbocycles. The second-order valence-electron chi connectivity index (χ2n) is 5.62. The van der Waals surface area contributed by atoms with E-state index in [0.717, 1.165) is 42.7 Å². The SMILES string of the molecule is C=CCNC(=NC)NCc1c(Cl)cccc1N1CCN(C)CC1.I. The monoisotopic (exact) mass is 463 g/mol. The largest absolute Gasteiger partial charge is 0.369 e. The number of aliphatic imine (C=N–C) groups is 1. The molecule has 0 saturated carbocycles. The second-order valence-corrected chi connectivity index (χ2v) is 6.03. The summed E-state index contributed by atoms with van der Waals surface area (Å²) in [7, 11) is 3.92. The number of nitrogens with zero attached hydrogens (tertiary/aromatic N) is 3. The van der Waals surface area contributed by atoms with Gasteiger partial charge in [0.05, 0.1) is 0 Å². The molecule has 134 valence electrons. The van der Waals surface area contributed by atoms with E-state index in [2.05, 4.69) is 45.1 Å². The maximum Gasteiger partial charge on any atom is 0.191 e. The molecule has 0 atom stereocenters. The maximum atomic E-state index is 6.45. The lowest BCUT2D eigenvalue weighted by Crippen LogP contribution is -2.45. The predicted molar refractivity (Wildman–Crippen MR) is 115 cm³/mol. The van der Waals surface area contributed by atoms with Crippen LogP contribution in [0.1, 0.15) is 5.56 Å². The van der Waals surface area contributed by atoms with E-state index >= 15 is 0 Å². The minimum atomic E-state index is 0. The van der Waals surface area contributed by atoms with Crippen LogP contribution < -0.4 is 15.5 Å². The molecule has 24 heavy (non-hydrogen) atoms. The fraction of sp³-hybridized carbons (Fsp3) is 0.471. The predicted octanol–water partition coefficient (Wildman–Crippen LogP) is 2.56. The maximum absolute atomic E-state index is 6.45. The fourth-order valence-electron chi connectivity index (χ4n) is 2.63. The molecule has 7 heteroatoms. The third-order valence-electron chi connectivity index (χ3n) is 4.01. The molecule has 1 heterocycles. The average Bonchev–Trinajstić information content (AvgIpc) is 2.57. The van der Waals surface area contributed by atoms with Crippen molar-refractivity contribution in [3.05, 3.63) is 41.4 Å². The fourth-order valence-corrected chi connectivity index (χ4v) is 2.86.